The van der Waals surface area contributed by atoms with Crippen LogP contribution in [0.25, 0.3) is 0 Å². The molecule has 24 heavy (non-hydrogen) atoms. The first-order valence-electron chi connectivity index (χ1n) is 8.48. The van der Waals surface area contributed by atoms with Crippen LogP contribution < -0.4 is 5.73 Å². The Labute approximate surface area is 144 Å². The van der Waals surface area contributed by atoms with Crippen molar-refractivity contribution in [3.05, 3.63) is 35.9 Å². The first-order valence-corrected chi connectivity index (χ1v) is 8.48. The minimum atomic E-state index is -0.381. The van der Waals surface area contributed by atoms with Crippen molar-refractivity contribution in [2.24, 2.45) is 5.73 Å². The van der Waals surface area contributed by atoms with E-state index in [1.165, 1.54) is 0 Å². The summed E-state index contributed by atoms with van der Waals surface area (Å²) in [5.41, 5.74) is 6.32. The van der Waals surface area contributed by atoms with Gasteiger partial charge in [0.2, 0.25) is 11.8 Å². The van der Waals surface area contributed by atoms with Gasteiger partial charge in [0.05, 0.1) is 6.54 Å². The number of carbonyl (C=O) groups is 2. The maximum Gasteiger partial charge on any atom is 0.237 e. The average Bonchev–Trinajstić information content (AvgIpc) is 2.54. The van der Waals surface area contributed by atoms with Gasteiger partial charge in [-0.3, -0.25) is 14.5 Å². The Morgan fingerprint density at radius 3 is 2.58 bits per heavy atom. The molecule has 0 radical (unpaired) electrons. The van der Waals surface area contributed by atoms with Gasteiger partial charge in [0.15, 0.2) is 0 Å². The summed E-state index contributed by atoms with van der Waals surface area (Å²) in [5.74, 6) is -0.328. The monoisotopic (exact) mass is 332 g/mol. The van der Waals surface area contributed by atoms with Crippen molar-refractivity contribution >= 4 is 11.8 Å². The van der Waals surface area contributed by atoms with Crippen LogP contribution in [-0.4, -0.2) is 72.3 Å². The predicted octanol–water partition coefficient (Wildman–Crippen LogP) is 0.527. The number of primary amides is 1. The van der Waals surface area contributed by atoms with E-state index in [9.17, 15) is 9.59 Å². The molecule has 2 amide bonds. The zero-order valence-corrected chi connectivity index (χ0v) is 14.6. The second-order valence-electron chi connectivity index (χ2n) is 6.60. The van der Waals surface area contributed by atoms with Gasteiger partial charge in [-0.05, 0) is 19.5 Å². The number of benzene rings is 1. The van der Waals surface area contributed by atoms with Crippen LogP contribution in [0, 0.1) is 0 Å². The summed E-state index contributed by atoms with van der Waals surface area (Å²) in [5, 5.41) is 0. The first kappa shape index (κ1) is 18.4. The Hall–Kier alpha value is -1.92. The largest absolute Gasteiger partial charge is 0.370 e. The summed E-state index contributed by atoms with van der Waals surface area (Å²) in [7, 11) is 2.10. The van der Waals surface area contributed by atoms with E-state index in [0.29, 0.717) is 25.7 Å². The van der Waals surface area contributed by atoms with Crippen molar-refractivity contribution in [3.8, 4) is 0 Å². The van der Waals surface area contributed by atoms with Crippen LogP contribution in [0.3, 0.4) is 0 Å². The van der Waals surface area contributed by atoms with Gasteiger partial charge in [-0.15, -0.1) is 0 Å². The summed E-state index contributed by atoms with van der Waals surface area (Å²) in [6.07, 6.45) is 0.191. The van der Waals surface area contributed by atoms with Crippen LogP contribution in [0.5, 0.6) is 0 Å². The number of hydrogen-bond acceptors (Lipinski definition) is 4. The topological polar surface area (TPSA) is 69.9 Å². The molecule has 1 atom stereocenters. The van der Waals surface area contributed by atoms with E-state index in [4.69, 9.17) is 5.73 Å². The maximum absolute atomic E-state index is 12.8. The lowest BCUT2D eigenvalue weighted by Crippen LogP contribution is -2.53. The summed E-state index contributed by atoms with van der Waals surface area (Å²) < 4.78 is 0. The van der Waals surface area contributed by atoms with Gasteiger partial charge in [-0.25, -0.2) is 0 Å². The van der Waals surface area contributed by atoms with Crippen LogP contribution in [0.1, 0.15) is 18.9 Å². The molecule has 0 bridgehead atoms. The quantitative estimate of drug-likeness (QED) is 0.791. The van der Waals surface area contributed by atoms with E-state index in [0.717, 1.165) is 25.2 Å². The third-order valence-electron chi connectivity index (χ3n) is 4.50. The molecule has 1 aromatic carbocycles. The number of hydrogen-bond donors (Lipinski definition) is 1. The SMILES string of the molecule is CC1CN(C)CCN1CC(=O)N(CCC(N)=O)Cc1ccccc1. The lowest BCUT2D eigenvalue weighted by atomic mass is 10.2. The van der Waals surface area contributed by atoms with Gasteiger partial charge < -0.3 is 15.5 Å². The van der Waals surface area contributed by atoms with Crippen molar-refractivity contribution in [1.29, 1.82) is 0 Å². The Morgan fingerprint density at radius 1 is 1.25 bits per heavy atom. The van der Waals surface area contributed by atoms with E-state index >= 15 is 0 Å². The minimum Gasteiger partial charge on any atom is -0.370 e. The highest BCUT2D eigenvalue weighted by Gasteiger charge is 2.25. The number of carbonyl (C=O) groups excluding carboxylic acids is 2. The molecule has 1 aliphatic heterocycles. The smallest absolute Gasteiger partial charge is 0.237 e. The Balaban J connectivity index is 1.99. The highest BCUT2D eigenvalue weighted by molar-refractivity contribution is 5.79. The van der Waals surface area contributed by atoms with E-state index in [1.54, 1.807) is 4.90 Å². The van der Waals surface area contributed by atoms with E-state index < -0.39 is 0 Å². The molecule has 1 saturated heterocycles. The highest BCUT2D eigenvalue weighted by atomic mass is 16.2. The molecule has 1 aromatic rings. The summed E-state index contributed by atoms with van der Waals surface area (Å²) in [4.78, 5) is 30.1. The molecule has 0 spiro atoms. The lowest BCUT2D eigenvalue weighted by Gasteiger charge is -2.38. The molecule has 6 nitrogen and oxygen atoms in total. The number of amides is 2. The van der Waals surface area contributed by atoms with Crippen LogP contribution in [0.15, 0.2) is 30.3 Å². The molecular weight excluding hydrogens is 304 g/mol. The predicted molar refractivity (Wildman–Crippen MR) is 94.2 cm³/mol. The molecule has 0 saturated carbocycles. The highest BCUT2D eigenvalue weighted by Crippen LogP contribution is 2.10. The number of rotatable bonds is 7. The van der Waals surface area contributed by atoms with Gasteiger partial charge >= 0.3 is 0 Å². The normalized spacial score (nSPS) is 19.2. The maximum atomic E-state index is 12.8. The molecule has 1 heterocycles. The van der Waals surface area contributed by atoms with Crippen LogP contribution in [0.4, 0.5) is 0 Å². The van der Waals surface area contributed by atoms with Gasteiger partial charge in [-0.1, -0.05) is 30.3 Å². The molecular formula is C18H28N4O2. The minimum absolute atomic E-state index is 0.0523. The van der Waals surface area contributed by atoms with E-state index in [1.807, 2.05) is 30.3 Å². The van der Waals surface area contributed by atoms with Crippen molar-refractivity contribution in [3.63, 3.8) is 0 Å². The summed E-state index contributed by atoms with van der Waals surface area (Å²) in [6.45, 7) is 6.23. The van der Waals surface area contributed by atoms with Crippen molar-refractivity contribution in [2.45, 2.75) is 25.9 Å². The van der Waals surface area contributed by atoms with Crippen molar-refractivity contribution < 1.29 is 9.59 Å². The molecule has 132 valence electrons. The number of likely N-dealkylation sites (N-methyl/N-ethyl adjacent to an activating group) is 1. The van der Waals surface area contributed by atoms with Crippen molar-refractivity contribution in [1.82, 2.24) is 14.7 Å². The molecule has 1 unspecified atom stereocenters. The number of piperazine rings is 1. The first-order chi connectivity index (χ1) is 11.5. The molecule has 1 aliphatic rings. The van der Waals surface area contributed by atoms with Gasteiger partial charge in [0.25, 0.3) is 0 Å². The van der Waals surface area contributed by atoms with E-state index in [2.05, 4.69) is 23.8 Å². The summed E-state index contributed by atoms with van der Waals surface area (Å²) >= 11 is 0. The van der Waals surface area contributed by atoms with Gasteiger partial charge in [0, 0.05) is 45.2 Å². The Kier molecular flexibility index (Phi) is 6.75. The second kappa shape index (κ2) is 8.80. The zero-order valence-electron chi connectivity index (χ0n) is 14.6. The molecule has 2 N–H and O–H groups in total. The van der Waals surface area contributed by atoms with E-state index in [-0.39, 0.29) is 18.2 Å². The van der Waals surface area contributed by atoms with Crippen LogP contribution >= 0.6 is 0 Å². The number of nitrogens with zero attached hydrogens (tertiary/aromatic N) is 3. The van der Waals surface area contributed by atoms with Gasteiger partial charge in [0.1, 0.15) is 0 Å². The van der Waals surface area contributed by atoms with Crippen molar-refractivity contribution in [2.75, 3.05) is 39.8 Å². The Morgan fingerprint density at radius 2 is 1.96 bits per heavy atom. The molecule has 0 aromatic heterocycles. The van der Waals surface area contributed by atoms with Crippen LogP contribution in [-0.2, 0) is 16.1 Å². The summed E-state index contributed by atoms with van der Waals surface area (Å²) in [6, 6.07) is 10.2. The fourth-order valence-corrected chi connectivity index (χ4v) is 3.03. The van der Waals surface area contributed by atoms with Crippen LogP contribution in [0.2, 0.25) is 0 Å². The second-order valence-corrected chi connectivity index (χ2v) is 6.60. The standard InChI is InChI=1S/C18H28N4O2/c1-15-12-20(2)10-11-21(15)14-18(24)22(9-8-17(19)23)13-16-6-4-3-5-7-16/h3-7,15H,8-14H2,1-2H3,(H2,19,23). The molecule has 2 rings (SSSR count). The molecule has 0 aliphatic carbocycles. The third kappa shape index (κ3) is 5.62. The Bertz CT molecular complexity index is 549. The molecule has 6 heteroatoms. The van der Waals surface area contributed by atoms with Gasteiger partial charge in [-0.2, -0.15) is 0 Å². The zero-order chi connectivity index (χ0) is 17.5. The fraction of sp³-hybridized carbons (Fsp3) is 0.556. The molecule has 1 fully saturated rings. The lowest BCUT2D eigenvalue weighted by molar-refractivity contribution is -0.134. The average molecular weight is 332 g/mol. The fourth-order valence-electron chi connectivity index (χ4n) is 3.03. The third-order valence-corrected chi connectivity index (χ3v) is 4.50. The number of nitrogens with two attached hydrogens (primary N) is 1.